The van der Waals surface area contributed by atoms with Crippen LogP contribution in [0.25, 0.3) is 0 Å². The Kier molecular flexibility index (Phi) is 1.32. The van der Waals surface area contributed by atoms with Crippen molar-refractivity contribution in [3.8, 4) is 0 Å². The molecule has 0 amide bonds. The van der Waals surface area contributed by atoms with Gasteiger partial charge in [0.15, 0.2) is 0 Å². The zero-order valence-electron chi connectivity index (χ0n) is 4.13. The normalized spacial score (nSPS) is 29.6. The van der Waals surface area contributed by atoms with Gasteiger partial charge in [0.05, 0.1) is 6.26 Å². The van der Waals surface area contributed by atoms with Gasteiger partial charge in [0, 0.05) is 6.04 Å². The molecule has 0 aromatic heterocycles. The molecule has 0 bridgehead atoms. The lowest BCUT2D eigenvalue weighted by Crippen LogP contribution is -2.26. The summed E-state index contributed by atoms with van der Waals surface area (Å²) in [5, 5.41) is 0. The Bertz CT molecular complexity index is 80.1. The Morgan fingerprint density at radius 1 is 1.71 bits per heavy atom. The summed E-state index contributed by atoms with van der Waals surface area (Å²) in [5.41, 5.74) is 5.46. The third-order valence-electron chi connectivity index (χ3n) is 0.942. The van der Waals surface area contributed by atoms with Gasteiger partial charge in [-0.2, -0.15) is 0 Å². The van der Waals surface area contributed by atoms with Gasteiger partial charge in [0.1, 0.15) is 6.61 Å². The van der Waals surface area contributed by atoms with E-state index in [9.17, 15) is 0 Å². The highest BCUT2D eigenvalue weighted by Gasteiger charge is 2.01. The SMILES string of the molecule is NC1CC=COC1. The van der Waals surface area contributed by atoms with E-state index >= 15 is 0 Å². The van der Waals surface area contributed by atoms with E-state index in [1.165, 1.54) is 0 Å². The Labute approximate surface area is 43.0 Å². The summed E-state index contributed by atoms with van der Waals surface area (Å²) in [7, 11) is 0. The predicted molar refractivity (Wildman–Crippen MR) is 27.7 cm³/mol. The molecule has 40 valence electrons. The Balaban J connectivity index is 2.32. The zero-order chi connectivity index (χ0) is 5.11. The first-order valence-corrected chi connectivity index (χ1v) is 2.42. The van der Waals surface area contributed by atoms with Crippen LogP contribution < -0.4 is 5.73 Å². The van der Waals surface area contributed by atoms with Crippen LogP contribution >= 0.6 is 0 Å². The van der Waals surface area contributed by atoms with Crippen molar-refractivity contribution in [1.29, 1.82) is 0 Å². The van der Waals surface area contributed by atoms with E-state index in [-0.39, 0.29) is 6.04 Å². The van der Waals surface area contributed by atoms with Gasteiger partial charge < -0.3 is 10.5 Å². The topological polar surface area (TPSA) is 35.2 Å². The van der Waals surface area contributed by atoms with Crippen LogP contribution in [0.2, 0.25) is 0 Å². The number of rotatable bonds is 0. The van der Waals surface area contributed by atoms with Gasteiger partial charge in [0.2, 0.25) is 0 Å². The summed E-state index contributed by atoms with van der Waals surface area (Å²) in [6.45, 7) is 0.677. The summed E-state index contributed by atoms with van der Waals surface area (Å²) >= 11 is 0. The number of ether oxygens (including phenoxy) is 1. The third-order valence-corrected chi connectivity index (χ3v) is 0.942. The molecule has 0 saturated carbocycles. The van der Waals surface area contributed by atoms with E-state index in [0.717, 1.165) is 6.42 Å². The lowest BCUT2D eigenvalue weighted by molar-refractivity contribution is 0.211. The van der Waals surface area contributed by atoms with E-state index in [1.54, 1.807) is 6.26 Å². The molecule has 1 heterocycles. The van der Waals surface area contributed by atoms with E-state index in [2.05, 4.69) is 0 Å². The number of hydrogen-bond acceptors (Lipinski definition) is 2. The number of nitrogens with two attached hydrogens (primary N) is 1. The molecule has 0 radical (unpaired) electrons. The molecular weight excluding hydrogens is 90.1 g/mol. The van der Waals surface area contributed by atoms with E-state index in [0.29, 0.717) is 6.61 Å². The molecule has 0 aromatic carbocycles. The van der Waals surface area contributed by atoms with Crippen molar-refractivity contribution >= 4 is 0 Å². The molecule has 2 nitrogen and oxygen atoms in total. The second-order valence-electron chi connectivity index (χ2n) is 1.70. The maximum absolute atomic E-state index is 5.46. The summed E-state index contributed by atoms with van der Waals surface area (Å²) < 4.78 is 4.88. The molecule has 0 aromatic rings. The third kappa shape index (κ3) is 1.20. The molecule has 1 rings (SSSR count). The predicted octanol–water partition coefficient (Wildman–Crippen LogP) is 0.248. The molecule has 1 atom stereocenters. The first-order chi connectivity index (χ1) is 3.39. The molecule has 1 aliphatic rings. The summed E-state index contributed by atoms with van der Waals surface area (Å²) in [4.78, 5) is 0. The summed E-state index contributed by atoms with van der Waals surface area (Å²) in [6.07, 6.45) is 4.59. The van der Waals surface area contributed by atoms with Crippen molar-refractivity contribution in [1.82, 2.24) is 0 Å². The first kappa shape index (κ1) is 4.65. The van der Waals surface area contributed by atoms with Gasteiger partial charge >= 0.3 is 0 Å². The average molecular weight is 99.1 g/mol. The molecule has 0 spiro atoms. The van der Waals surface area contributed by atoms with E-state index in [4.69, 9.17) is 10.5 Å². The monoisotopic (exact) mass is 99.1 g/mol. The van der Waals surface area contributed by atoms with Crippen LogP contribution in [-0.2, 0) is 4.74 Å². The molecule has 2 heteroatoms. The minimum atomic E-state index is 0.227. The molecule has 0 saturated heterocycles. The quantitative estimate of drug-likeness (QED) is 0.472. The average Bonchev–Trinajstić information content (AvgIpc) is 1.69. The van der Waals surface area contributed by atoms with Gasteiger partial charge in [-0.25, -0.2) is 0 Å². The highest BCUT2D eigenvalue weighted by molar-refractivity contribution is 4.84. The minimum Gasteiger partial charge on any atom is -0.500 e. The van der Waals surface area contributed by atoms with Crippen LogP contribution in [0.15, 0.2) is 12.3 Å². The van der Waals surface area contributed by atoms with Crippen molar-refractivity contribution in [2.24, 2.45) is 5.73 Å². The molecule has 1 unspecified atom stereocenters. The Morgan fingerprint density at radius 3 is 2.86 bits per heavy atom. The summed E-state index contributed by atoms with van der Waals surface area (Å²) in [5.74, 6) is 0. The van der Waals surface area contributed by atoms with E-state index in [1.807, 2.05) is 6.08 Å². The van der Waals surface area contributed by atoms with Crippen molar-refractivity contribution < 1.29 is 4.74 Å². The van der Waals surface area contributed by atoms with Crippen molar-refractivity contribution in [2.75, 3.05) is 6.61 Å². The maximum atomic E-state index is 5.46. The fraction of sp³-hybridized carbons (Fsp3) is 0.600. The van der Waals surface area contributed by atoms with Gasteiger partial charge in [-0.15, -0.1) is 0 Å². The van der Waals surface area contributed by atoms with Crippen molar-refractivity contribution in [3.63, 3.8) is 0 Å². The largest absolute Gasteiger partial charge is 0.500 e. The molecule has 7 heavy (non-hydrogen) atoms. The highest BCUT2D eigenvalue weighted by atomic mass is 16.5. The van der Waals surface area contributed by atoms with Crippen LogP contribution in [-0.4, -0.2) is 12.6 Å². The van der Waals surface area contributed by atoms with Crippen molar-refractivity contribution in [2.45, 2.75) is 12.5 Å². The van der Waals surface area contributed by atoms with Crippen LogP contribution in [0.4, 0.5) is 0 Å². The van der Waals surface area contributed by atoms with Gasteiger partial charge in [-0.3, -0.25) is 0 Å². The molecule has 0 aliphatic carbocycles. The standard InChI is InChI=1S/C5H9NO/c6-5-2-1-3-7-4-5/h1,3,5H,2,4,6H2. The van der Waals surface area contributed by atoms with Crippen LogP contribution in [0.5, 0.6) is 0 Å². The Morgan fingerprint density at radius 2 is 2.57 bits per heavy atom. The van der Waals surface area contributed by atoms with Crippen LogP contribution in [0, 0.1) is 0 Å². The first-order valence-electron chi connectivity index (χ1n) is 2.42. The van der Waals surface area contributed by atoms with Gasteiger partial charge in [-0.05, 0) is 12.5 Å². The second kappa shape index (κ2) is 1.98. The second-order valence-corrected chi connectivity index (χ2v) is 1.70. The molecule has 0 fully saturated rings. The maximum Gasteiger partial charge on any atom is 0.103 e. The Hall–Kier alpha value is -0.500. The summed E-state index contributed by atoms with van der Waals surface area (Å²) in [6, 6.07) is 0.227. The molecule has 2 N–H and O–H groups in total. The number of hydrogen-bond donors (Lipinski definition) is 1. The lowest BCUT2D eigenvalue weighted by Gasteiger charge is -2.11. The highest BCUT2D eigenvalue weighted by Crippen LogP contribution is 1.97. The van der Waals surface area contributed by atoms with Crippen LogP contribution in [0.3, 0.4) is 0 Å². The van der Waals surface area contributed by atoms with Gasteiger partial charge in [-0.1, -0.05) is 0 Å². The van der Waals surface area contributed by atoms with Crippen LogP contribution in [0.1, 0.15) is 6.42 Å². The fourth-order valence-corrected chi connectivity index (χ4v) is 0.546. The van der Waals surface area contributed by atoms with Crippen molar-refractivity contribution in [3.05, 3.63) is 12.3 Å². The molecule has 1 aliphatic heterocycles. The zero-order valence-corrected chi connectivity index (χ0v) is 4.13. The lowest BCUT2D eigenvalue weighted by atomic mass is 10.2. The van der Waals surface area contributed by atoms with E-state index < -0.39 is 0 Å². The fourth-order valence-electron chi connectivity index (χ4n) is 0.546. The van der Waals surface area contributed by atoms with Gasteiger partial charge in [0.25, 0.3) is 0 Å². The molecular formula is C5H9NO. The smallest absolute Gasteiger partial charge is 0.103 e. The minimum absolute atomic E-state index is 0.227.